The Bertz CT molecular complexity index is 148. The van der Waals surface area contributed by atoms with Crippen molar-refractivity contribution in [2.45, 2.75) is 52.6 Å². The molecule has 0 saturated heterocycles. The highest BCUT2D eigenvalue weighted by Crippen LogP contribution is 1.99. The third kappa shape index (κ3) is 4.88. The minimum absolute atomic E-state index is 0.134. The second-order valence-corrected chi connectivity index (χ2v) is 3.19. The second-order valence-electron chi connectivity index (χ2n) is 3.19. The molecule has 0 aliphatic rings. The first kappa shape index (κ1) is 12.4. The van der Waals surface area contributed by atoms with Gasteiger partial charge < -0.3 is 10.1 Å². The second kappa shape index (κ2) is 6.89. The van der Waals surface area contributed by atoms with Crippen LogP contribution in [0.1, 0.15) is 40.5 Å². The van der Waals surface area contributed by atoms with Gasteiger partial charge in [0.15, 0.2) is 0 Å². The van der Waals surface area contributed by atoms with Crippen LogP contribution in [0.5, 0.6) is 0 Å². The molecule has 0 aromatic heterocycles. The molecule has 0 aromatic rings. The smallest absolute Gasteiger partial charge is 0.323 e. The summed E-state index contributed by atoms with van der Waals surface area (Å²) in [5.74, 6) is -0.134. The van der Waals surface area contributed by atoms with Crippen LogP contribution in [-0.4, -0.2) is 24.7 Å². The molecule has 0 radical (unpaired) electrons. The maximum absolute atomic E-state index is 11.3. The van der Waals surface area contributed by atoms with Crippen LogP contribution in [-0.2, 0) is 9.53 Å². The van der Waals surface area contributed by atoms with Crippen molar-refractivity contribution >= 4 is 5.97 Å². The van der Waals surface area contributed by atoms with Crippen LogP contribution < -0.4 is 5.32 Å². The SMILES string of the molecule is CCOC(=O)C(CC)NC(C)CC. The van der Waals surface area contributed by atoms with Gasteiger partial charge in [0.2, 0.25) is 0 Å². The van der Waals surface area contributed by atoms with Gasteiger partial charge in [0.05, 0.1) is 6.61 Å². The van der Waals surface area contributed by atoms with E-state index in [0.717, 1.165) is 12.8 Å². The highest BCUT2D eigenvalue weighted by molar-refractivity contribution is 5.75. The van der Waals surface area contributed by atoms with Gasteiger partial charge in [0.25, 0.3) is 0 Å². The van der Waals surface area contributed by atoms with E-state index in [0.29, 0.717) is 12.6 Å². The van der Waals surface area contributed by atoms with Crippen LogP contribution in [0.4, 0.5) is 0 Å². The summed E-state index contributed by atoms with van der Waals surface area (Å²) in [7, 11) is 0. The molecule has 13 heavy (non-hydrogen) atoms. The lowest BCUT2D eigenvalue weighted by Gasteiger charge is -2.19. The number of ether oxygens (including phenoxy) is 1. The Morgan fingerprint density at radius 2 is 1.92 bits per heavy atom. The fourth-order valence-corrected chi connectivity index (χ4v) is 1.06. The van der Waals surface area contributed by atoms with Crippen molar-refractivity contribution in [2.75, 3.05) is 6.61 Å². The van der Waals surface area contributed by atoms with Gasteiger partial charge in [-0.15, -0.1) is 0 Å². The van der Waals surface area contributed by atoms with Crippen molar-refractivity contribution in [1.29, 1.82) is 0 Å². The standard InChI is InChI=1S/C10H21NO2/c1-5-8(4)11-9(6-2)10(12)13-7-3/h8-9,11H,5-7H2,1-4H3. The molecule has 1 N–H and O–H groups in total. The topological polar surface area (TPSA) is 38.3 Å². The Hall–Kier alpha value is -0.570. The maximum atomic E-state index is 11.3. The molecular formula is C10H21NO2. The van der Waals surface area contributed by atoms with Crippen LogP contribution in [0, 0.1) is 0 Å². The zero-order chi connectivity index (χ0) is 10.3. The van der Waals surface area contributed by atoms with Gasteiger partial charge in [-0.1, -0.05) is 13.8 Å². The van der Waals surface area contributed by atoms with Crippen LogP contribution >= 0.6 is 0 Å². The molecule has 0 saturated carbocycles. The summed E-state index contributed by atoms with van der Waals surface area (Å²) in [4.78, 5) is 11.3. The van der Waals surface area contributed by atoms with Crippen molar-refractivity contribution in [3.05, 3.63) is 0 Å². The zero-order valence-electron chi connectivity index (χ0n) is 9.09. The Morgan fingerprint density at radius 1 is 1.31 bits per heavy atom. The quantitative estimate of drug-likeness (QED) is 0.643. The molecule has 0 amide bonds. The summed E-state index contributed by atoms with van der Waals surface area (Å²) < 4.78 is 4.94. The molecule has 78 valence electrons. The van der Waals surface area contributed by atoms with Crippen LogP contribution in [0.3, 0.4) is 0 Å². The third-order valence-corrected chi connectivity index (χ3v) is 2.08. The predicted octanol–water partition coefficient (Wildman–Crippen LogP) is 1.72. The molecule has 0 fully saturated rings. The van der Waals surface area contributed by atoms with Crippen LogP contribution in [0.15, 0.2) is 0 Å². The molecule has 3 heteroatoms. The molecule has 0 spiro atoms. The summed E-state index contributed by atoms with van der Waals surface area (Å²) in [6, 6.07) is 0.226. The van der Waals surface area contributed by atoms with E-state index in [1.807, 2.05) is 13.8 Å². The van der Waals surface area contributed by atoms with Gasteiger partial charge in [0.1, 0.15) is 6.04 Å². The van der Waals surface area contributed by atoms with E-state index in [9.17, 15) is 4.79 Å². The van der Waals surface area contributed by atoms with E-state index in [1.165, 1.54) is 0 Å². The number of carbonyl (C=O) groups is 1. The fraction of sp³-hybridized carbons (Fsp3) is 0.900. The predicted molar refractivity (Wildman–Crippen MR) is 53.6 cm³/mol. The Balaban J connectivity index is 3.94. The summed E-state index contributed by atoms with van der Waals surface area (Å²) in [5, 5.41) is 3.23. The minimum atomic E-state index is -0.144. The number of rotatable bonds is 6. The fourth-order valence-electron chi connectivity index (χ4n) is 1.06. The molecule has 0 rings (SSSR count). The maximum Gasteiger partial charge on any atom is 0.323 e. The molecule has 0 aromatic carbocycles. The third-order valence-electron chi connectivity index (χ3n) is 2.08. The van der Waals surface area contributed by atoms with Crippen molar-refractivity contribution in [3.63, 3.8) is 0 Å². The summed E-state index contributed by atoms with van der Waals surface area (Å²) in [5.41, 5.74) is 0. The average Bonchev–Trinajstić information content (AvgIpc) is 2.14. The molecule has 0 bridgehead atoms. The molecule has 0 aliphatic heterocycles. The van der Waals surface area contributed by atoms with E-state index in [4.69, 9.17) is 4.74 Å². The normalized spacial score (nSPS) is 15.1. The lowest BCUT2D eigenvalue weighted by molar-refractivity contribution is -0.145. The summed E-state index contributed by atoms with van der Waals surface area (Å²) in [6.45, 7) is 8.43. The van der Waals surface area contributed by atoms with E-state index in [1.54, 1.807) is 0 Å². The Labute approximate surface area is 80.8 Å². The number of nitrogens with one attached hydrogen (secondary N) is 1. The van der Waals surface area contributed by atoms with Gasteiger partial charge in [-0.05, 0) is 26.7 Å². The Kier molecular flexibility index (Phi) is 6.59. The lowest BCUT2D eigenvalue weighted by Crippen LogP contribution is -2.42. The molecule has 3 nitrogen and oxygen atoms in total. The van der Waals surface area contributed by atoms with E-state index in [2.05, 4.69) is 19.2 Å². The number of carbonyl (C=O) groups excluding carboxylic acids is 1. The highest BCUT2D eigenvalue weighted by atomic mass is 16.5. The first-order valence-electron chi connectivity index (χ1n) is 5.08. The first-order valence-corrected chi connectivity index (χ1v) is 5.08. The van der Waals surface area contributed by atoms with E-state index < -0.39 is 0 Å². The Morgan fingerprint density at radius 3 is 2.31 bits per heavy atom. The molecule has 2 atom stereocenters. The summed E-state index contributed by atoms with van der Waals surface area (Å²) >= 11 is 0. The number of esters is 1. The van der Waals surface area contributed by atoms with Gasteiger partial charge in [-0.25, -0.2) is 0 Å². The zero-order valence-corrected chi connectivity index (χ0v) is 9.09. The van der Waals surface area contributed by atoms with E-state index >= 15 is 0 Å². The highest BCUT2D eigenvalue weighted by Gasteiger charge is 2.18. The average molecular weight is 187 g/mol. The van der Waals surface area contributed by atoms with Crippen LogP contribution in [0.25, 0.3) is 0 Å². The van der Waals surface area contributed by atoms with Crippen molar-refractivity contribution < 1.29 is 9.53 Å². The monoisotopic (exact) mass is 187 g/mol. The van der Waals surface area contributed by atoms with Gasteiger partial charge in [-0.2, -0.15) is 0 Å². The largest absolute Gasteiger partial charge is 0.465 e. The van der Waals surface area contributed by atoms with Crippen molar-refractivity contribution in [2.24, 2.45) is 0 Å². The van der Waals surface area contributed by atoms with Gasteiger partial charge >= 0.3 is 5.97 Å². The molecule has 2 unspecified atom stereocenters. The number of hydrogen-bond donors (Lipinski definition) is 1. The minimum Gasteiger partial charge on any atom is -0.465 e. The van der Waals surface area contributed by atoms with Crippen molar-refractivity contribution in [3.8, 4) is 0 Å². The van der Waals surface area contributed by atoms with E-state index in [-0.39, 0.29) is 12.0 Å². The van der Waals surface area contributed by atoms with Gasteiger partial charge in [0, 0.05) is 6.04 Å². The number of hydrogen-bond acceptors (Lipinski definition) is 3. The molecular weight excluding hydrogens is 166 g/mol. The molecule has 0 aliphatic carbocycles. The lowest BCUT2D eigenvalue weighted by atomic mass is 10.1. The summed E-state index contributed by atoms with van der Waals surface area (Å²) in [6.07, 6.45) is 1.80. The van der Waals surface area contributed by atoms with Crippen molar-refractivity contribution in [1.82, 2.24) is 5.32 Å². The molecule has 0 heterocycles. The van der Waals surface area contributed by atoms with Gasteiger partial charge in [-0.3, -0.25) is 4.79 Å². The van der Waals surface area contributed by atoms with Crippen LogP contribution in [0.2, 0.25) is 0 Å². The first-order chi connectivity index (χ1) is 6.15.